The maximum Gasteiger partial charge on any atom is 0.126 e. The molecule has 82 valence electrons. The van der Waals surface area contributed by atoms with Gasteiger partial charge in [-0.1, -0.05) is 44.9 Å². The zero-order valence-electron chi connectivity index (χ0n) is 8.56. The van der Waals surface area contributed by atoms with Crippen LogP contribution in [0.4, 0.5) is 4.39 Å². The zero-order chi connectivity index (χ0) is 11.5. The highest BCUT2D eigenvalue weighted by Crippen LogP contribution is 2.28. The fourth-order valence-corrected chi connectivity index (χ4v) is 2.12. The molecule has 0 aromatic heterocycles. The van der Waals surface area contributed by atoms with Crippen LogP contribution in [0.3, 0.4) is 0 Å². The van der Waals surface area contributed by atoms with Crippen molar-refractivity contribution in [1.29, 1.82) is 0 Å². The molecule has 1 atom stereocenters. The fraction of sp³-hybridized carbons (Fsp3) is 0.333. The average molecular weight is 336 g/mol. The molecule has 0 saturated heterocycles. The van der Waals surface area contributed by atoms with E-state index in [2.05, 4.69) is 45.4 Å². The molecule has 0 bridgehead atoms. The first-order valence-electron chi connectivity index (χ1n) is 4.64. The third-order valence-corrected chi connectivity index (χ3v) is 4.17. The number of alkyl halides is 1. The second kappa shape index (κ2) is 5.26. The van der Waals surface area contributed by atoms with Gasteiger partial charge in [-0.15, -0.1) is 6.58 Å². The molecule has 0 aliphatic rings. The van der Waals surface area contributed by atoms with E-state index in [4.69, 9.17) is 0 Å². The van der Waals surface area contributed by atoms with E-state index in [1.54, 1.807) is 6.07 Å². The molecule has 0 heterocycles. The molecule has 0 N–H and O–H groups in total. The smallest absolute Gasteiger partial charge is 0.126 e. The zero-order valence-corrected chi connectivity index (χ0v) is 11.7. The first kappa shape index (κ1) is 12.9. The Morgan fingerprint density at radius 2 is 2.20 bits per heavy atom. The van der Waals surface area contributed by atoms with Gasteiger partial charge in [0.05, 0.1) is 0 Å². The number of benzene rings is 1. The van der Waals surface area contributed by atoms with Gasteiger partial charge in [-0.2, -0.15) is 0 Å². The van der Waals surface area contributed by atoms with Crippen molar-refractivity contribution in [3.8, 4) is 0 Å². The minimum atomic E-state index is -0.160. The molecule has 0 aliphatic heterocycles. The molecule has 1 unspecified atom stereocenters. The molecule has 0 spiro atoms. The van der Waals surface area contributed by atoms with Gasteiger partial charge in [0.2, 0.25) is 0 Å². The summed E-state index contributed by atoms with van der Waals surface area (Å²) in [5.41, 5.74) is 0.605. The summed E-state index contributed by atoms with van der Waals surface area (Å²) < 4.78 is 14.4. The Bertz CT molecular complexity index is 363. The molecule has 15 heavy (non-hydrogen) atoms. The highest BCUT2D eigenvalue weighted by atomic mass is 79.9. The second-order valence-electron chi connectivity index (χ2n) is 3.90. The SMILES string of the molecule is C=CC(C)(CBr)Cc1cc(Br)ccc1F. The van der Waals surface area contributed by atoms with E-state index in [1.165, 1.54) is 6.07 Å². The van der Waals surface area contributed by atoms with Crippen molar-refractivity contribution < 1.29 is 4.39 Å². The van der Waals surface area contributed by atoms with Gasteiger partial charge in [-0.25, -0.2) is 4.39 Å². The van der Waals surface area contributed by atoms with Crippen molar-refractivity contribution in [2.24, 2.45) is 5.41 Å². The molecule has 0 saturated carbocycles. The minimum absolute atomic E-state index is 0.109. The van der Waals surface area contributed by atoms with E-state index >= 15 is 0 Å². The fourth-order valence-electron chi connectivity index (χ4n) is 1.29. The summed E-state index contributed by atoms with van der Waals surface area (Å²) in [6.45, 7) is 5.84. The predicted molar refractivity (Wildman–Crippen MR) is 69.9 cm³/mol. The quantitative estimate of drug-likeness (QED) is 0.551. The minimum Gasteiger partial charge on any atom is -0.207 e. The van der Waals surface area contributed by atoms with Crippen molar-refractivity contribution >= 4 is 31.9 Å². The van der Waals surface area contributed by atoms with E-state index < -0.39 is 0 Å². The summed E-state index contributed by atoms with van der Waals surface area (Å²) in [6.07, 6.45) is 2.51. The largest absolute Gasteiger partial charge is 0.207 e. The topological polar surface area (TPSA) is 0 Å². The molecular weight excluding hydrogens is 323 g/mol. The Kier molecular flexibility index (Phi) is 4.53. The van der Waals surface area contributed by atoms with Gasteiger partial charge in [0, 0.05) is 9.80 Å². The molecule has 3 heteroatoms. The van der Waals surface area contributed by atoms with Crippen LogP contribution in [0.5, 0.6) is 0 Å². The summed E-state index contributed by atoms with van der Waals surface area (Å²) >= 11 is 6.77. The number of hydrogen-bond donors (Lipinski definition) is 0. The Labute approximate surface area is 107 Å². The van der Waals surface area contributed by atoms with Crippen molar-refractivity contribution in [1.82, 2.24) is 0 Å². The lowest BCUT2D eigenvalue weighted by atomic mass is 9.86. The van der Waals surface area contributed by atoms with Gasteiger partial charge in [-0.3, -0.25) is 0 Å². The van der Waals surface area contributed by atoms with Gasteiger partial charge in [0.1, 0.15) is 5.82 Å². The number of hydrogen-bond acceptors (Lipinski definition) is 0. The summed E-state index contributed by atoms with van der Waals surface area (Å²) in [5, 5.41) is 0.773. The summed E-state index contributed by atoms with van der Waals surface area (Å²) in [7, 11) is 0. The van der Waals surface area contributed by atoms with Crippen LogP contribution >= 0.6 is 31.9 Å². The van der Waals surface area contributed by atoms with Crippen molar-refractivity contribution in [2.75, 3.05) is 5.33 Å². The van der Waals surface area contributed by atoms with E-state index in [0.717, 1.165) is 9.80 Å². The lowest BCUT2D eigenvalue weighted by molar-refractivity contribution is 0.476. The van der Waals surface area contributed by atoms with Gasteiger partial charge < -0.3 is 0 Å². The summed E-state index contributed by atoms with van der Waals surface area (Å²) in [5.74, 6) is -0.160. The van der Waals surface area contributed by atoms with Crippen LogP contribution in [0.1, 0.15) is 12.5 Å². The number of halogens is 3. The van der Waals surface area contributed by atoms with Crippen molar-refractivity contribution in [3.63, 3.8) is 0 Å². The van der Waals surface area contributed by atoms with Crippen LogP contribution in [0, 0.1) is 11.2 Å². The Hall–Kier alpha value is -0.150. The summed E-state index contributed by atoms with van der Waals surface area (Å²) in [4.78, 5) is 0. The van der Waals surface area contributed by atoms with Gasteiger partial charge in [-0.05, 0) is 35.6 Å². The first-order chi connectivity index (χ1) is 7.00. The molecule has 1 aromatic carbocycles. The summed E-state index contributed by atoms with van der Waals surface area (Å²) in [6, 6.07) is 5.01. The highest BCUT2D eigenvalue weighted by Gasteiger charge is 2.21. The first-order valence-corrected chi connectivity index (χ1v) is 6.56. The normalized spacial score (nSPS) is 14.7. The van der Waals surface area contributed by atoms with Crippen LogP contribution in [0.2, 0.25) is 0 Å². The lowest BCUT2D eigenvalue weighted by Crippen LogP contribution is -2.18. The monoisotopic (exact) mass is 334 g/mol. The molecule has 1 aromatic rings. The third kappa shape index (κ3) is 3.42. The van der Waals surface area contributed by atoms with Crippen molar-refractivity contribution in [3.05, 3.63) is 46.7 Å². The number of rotatable bonds is 4. The van der Waals surface area contributed by atoms with Crippen LogP contribution in [0.15, 0.2) is 35.3 Å². The van der Waals surface area contributed by atoms with Crippen LogP contribution < -0.4 is 0 Å². The van der Waals surface area contributed by atoms with E-state index in [9.17, 15) is 4.39 Å². The molecule has 0 radical (unpaired) electrons. The molecule has 0 fully saturated rings. The maximum absolute atomic E-state index is 13.5. The van der Waals surface area contributed by atoms with Gasteiger partial charge >= 0.3 is 0 Å². The Morgan fingerprint density at radius 1 is 1.53 bits per heavy atom. The standard InChI is InChI=1S/C12H13Br2F/c1-3-12(2,8-13)7-9-6-10(14)4-5-11(9)15/h3-6H,1,7-8H2,2H3. The average Bonchev–Trinajstić information content (AvgIpc) is 2.23. The second-order valence-corrected chi connectivity index (χ2v) is 5.38. The van der Waals surface area contributed by atoms with Crippen LogP contribution in [0.25, 0.3) is 0 Å². The third-order valence-electron chi connectivity index (χ3n) is 2.40. The molecule has 0 aliphatic carbocycles. The molecule has 0 nitrogen and oxygen atoms in total. The van der Waals surface area contributed by atoms with Crippen molar-refractivity contribution in [2.45, 2.75) is 13.3 Å². The number of allylic oxidation sites excluding steroid dienone is 1. The molecular formula is C12H13Br2F. The Morgan fingerprint density at radius 3 is 2.73 bits per heavy atom. The highest BCUT2D eigenvalue weighted by molar-refractivity contribution is 9.10. The van der Waals surface area contributed by atoms with Gasteiger partial charge in [0.15, 0.2) is 0 Å². The van der Waals surface area contributed by atoms with Crippen LogP contribution in [-0.4, -0.2) is 5.33 Å². The van der Waals surface area contributed by atoms with Gasteiger partial charge in [0.25, 0.3) is 0 Å². The Balaban J connectivity index is 2.97. The van der Waals surface area contributed by atoms with E-state index in [-0.39, 0.29) is 11.2 Å². The predicted octanol–water partition coefficient (Wildman–Crippen LogP) is 4.72. The maximum atomic E-state index is 13.5. The molecule has 1 rings (SSSR count). The van der Waals surface area contributed by atoms with E-state index in [1.807, 2.05) is 12.1 Å². The lowest BCUT2D eigenvalue weighted by Gasteiger charge is -2.23. The molecule has 0 amide bonds. The van der Waals surface area contributed by atoms with E-state index in [0.29, 0.717) is 12.0 Å². The van der Waals surface area contributed by atoms with Crippen LogP contribution in [-0.2, 0) is 6.42 Å².